The van der Waals surface area contributed by atoms with Crippen LogP contribution in [0.15, 0.2) is 52.8 Å². The number of fused-ring (bicyclic) bond motifs is 1. The number of hydrogen-bond acceptors (Lipinski definition) is 7. The number of nitrogens with zero attached hydrogens (tertiary/aromatic N) is 3. The fourth-order valence-electron chi connectivity index (χ4n) is 4.03. The molecule has 172 valence electrons. The molecule has 7 nitrogen and oxygen atoms in total. The topological polar surface area (TPSA) is 81.1 Å². The quantitative estimate of drug-likeness (QED) is 0.429. The minimum atomic E-state index is -0.150. The van der Waals surface area contributed by atoms with Gasteiger partial charge in [0.25, 0.3) is 5.56 Å². The summed E-state index contributed by atoms with van der Waals surface area (Å²) in [4.78, 5) is 23.6. The van der Waals surface area contributed by atoms with E-state index in [1.807, 2.05) is 35.7 Å². The van der Waals surface area contributed by atoms with E-state index in [0.29, 0.717) is 30.3 Å². The van der Waals surface area contributed by atoms with Gasteiger partial charge in [0.1, 0.15) is 5.65 Å². The highest BCUT2D eigenvalue weighted by molar-refractivity contribution is 7.10. The lowest BCUT2D eigenvalue weighted by Crippen LogP contribution is -2.33. The SMILES string of the molecule is CC#Cc1cc2cnc(Nc3ccc(C4CNCCO4)cc3)nc2n(Cc2ccsc2C)c1=O. The van der Waals surface area contributed by atoms with Crippen LogP contribution in [-0.4, -0.2) is 34.2 Å². The maximum Gasteiger partial charge on any atom is 0.268 e. The Labute approximate surface area is 201 Å². The predicted molar refractivity (Wildman–Crippen MR) is 136 cm³/mol. The zero-order valence-electron chi connectivity index (χ0n) is 19.1. The predicted octanol–water partition coefficient (Wildman–Crippen LogP) is 3.99. The van der Waals surface area contributed by atoms with Gasteiger partial charge in [-0.25, -0.2) is 4.98 Å². The smallest absolute Gasteiger partial charge is 0.268 e. The molecule has 2 N–H and O–H groups in total. The molecule has 0 radical (unpaired) electrons. The summed E-state index contributed by atoms with van der Waals surface area (Å²) in [5.74, 6) is 6.19. The van der Waals surface area contributed by atoms with E-state index in [4.69, 9.17) is 9.72 Å². The lowest BCUT2D eigenvalue weighted by atomic mass is 10.1. The van der Waals surface area contributed by atoms with E-state index in [2.05, 4.69) is 34.4 Å². The Bertz CT molecular complexity index is 1440. The lowest BCUT2D eigenvalue weighted by molar-refractivity contribution is 0.0277. The Kier molecular flexibility index (Phi) is 6.41. The summed E-state index contributed by atoms with van der Waals surface area (Å²) in [6.07, 6.45) is 1.80. The van der Waals surface area contributed by atoms with E-state index in [1.54, 1.807) is 35.1 Å². The fraction of sp³-hybridized carbons (Fsp3) is 0.269. The number of anilines is 2. The van der Waals surface area contributed by atoms with Crippen LogP contribution in [0.1, 0.15) is 34.6 Å². The monoisotopic (exact) mass is 471 g/mol. The van der Waals surface area contributed by atoms with Gasteiger partial charge in [-0.1, -0.05) is 18.1 Å². The summed E-state index contributed by atoms with van der Waals surface area (Å²) in [5.41, 5.74) is 3.96. The third-order valence-corrected chi connectivity index (χ3v) is 6.74. The summed E-state index contributed by atoms with van der Waals surface area (Å²) in [6, 6.07) is 11.9. The maximum absolute atomic E-state index is 13.2. The molecule has 1 aromatic carbocycles. The van der Waals surface area contributed by atoms with Crippen molar-refractivity contribution in [1.82, 2.24) is 19.9 Å². The van der Waals surface area contributed by atoms with Gasteiger partial charge >= 0.3 is 0 Å². The molecule has 1 unspecified atom stereocenters. The van der Waals surface area contributed by atoms with Crippen molar-refractivity contribution in [3.63, 3.8) is 0 Å². The van der Waals surface area contributed by atoms with Crippen molar-refractivity contribution in [1.29, 1.82) is 0 Å². The molecule has 0 aliphatic carbocycles. The van der Waals surface area contributed by atoms with E-state index in [-0.39, 0.29) is 11.7 Å². The zero-order chi connectivity index (χ0) is 23.5. The molecule has 4 heterocycles. The molecule has 1 atom stereocenters. The molecule has 34 heavy (non-hydrogen) atoms. The van der Waals surface area contributed by atoms with Crippen LogP contribution < -0.4 is 16.2 Å². The largest absolute Gasteiger partial charge is 0.371 e. The molecule has 1 fully saturated rings. The van der Waals surface area contributed by atoms with Gasteiger partial charge in [-0.2, -0.15) is 4.98 Å². The third-order valence-electron chi connectivity index (χ3n) is 5.85. The number of ether oxygens (including phenoxy) is 1. The molecule has 0 amide bonds. The number of aryl methyl sites for hydroxylation is 1. The van der Waals surface area contributed by atoms with Crippen molar-refractivity contribution in [2.24, 2.45) is 0 Å². The minimum Gasteiger partial charge on any atom is -0.371 e. The number of nitrogens with one attached hydrogen (secondary N) is 2. The number of benzene rings is 1. The third kappa shape index (κ3) is 4.59. The van der Waals surface area contributed by atoms with Gasteiger partial charge in [-0.3, -0.25) is 9.36 Å². The van der Waals surface area contributed by atoms with Gasteiger partial charge < -0.3 is 15.4 Å². The zero-order valence-corrected chi connectivity index (χ0v) is 19.9. The number of pyridine rings is 1. The number of rotatable bonds is 5. The van der Waals surface area contributed by atoms with Crippen LogP contribution in [0.2, 0.25) is 0 Å². The van der Waals surface area contributed by atoms with Crippen molar-refractivity contribution >= 4 is 34.0 Å². The van der Waals surface area contributed by atoms with Crippen LogP contribution in [-0.2, 0) is 11.3 Å². The van der Waals surface area contributed by atoms with Crippen LogP contribution in [0.25, 0.3) is 11.0 Å². The number of thiophene rings is 1. The minimum absolute atomic E-state index is 0.0649. The number of aromatic nitrogens is 3. The van der Waals surface area contributed by atoms with Gasteiger partial charge in [0.2, 0.25) is 5.95 Å². The Morgan fingerprint density at radius 3 is 2.85 bits per heavy atom. The molecular formula is C26H25N5O2S. The molecule has 0 bridgehead atoms. The molecule has 0 spiro atoms. The van der Waals surface area contributed by atoms with E-state index in [1.165, 1.54) is 4.88 Å². The van der Waals surface area contributed by atoms with Crippen molar-refractivity contribution in [3.8, 4) is 11.8 Å². The highest BCUT2D eigenvalue weighted by Gasteiger charge is 2.16. The summed E-state index contributed by atoms with van der Waals surface area (Å²) in [7, 11) is 0. The molecule has 5 rings (SSSR count). The Morgan fingerprint density at radius 2 is 2.15 bits per heavy atom. The summed E-state index contributed by atoms with van der Waals surface area (Å²) in [5, 5.41) is 9.42. The van der Waals surface area contributed by atoms with Gasteiger partial charge in [0, 0.05) is 35.2 Å². The second-order valence-electron chi connectivity index (χ2n) is 8.11. The van der Waals surface area contributed by atoms with Crippen molar-refractivity contribution < 1.29 is 4.74 Å². The lowest BCUT2D eigenvalue weighted by Gasteiger charge is -2.24. The molecule has 1 aliphatic rings. The Hall–Kier alpha value is -3.51. The first-order valence-electron chi connectivity index (χ1n) is 11.2. The van der Waals surface area contributed by atoms with Gasteiger partial charge in [-0.15, -0.1) is 17.3 Å². The highest BCUT2D eigenvalue weighted by Crippen LogP contribution is 2.23. The Morgan fingerprint density at radius 1 is 1.29 bits per heavy atom. The average Bonchev–Trinajstić information content (AvgIpc) is 3.27. The molecular weight excluding hydrogens is 446 g/mol. The van der Waals surface area contributed by atoms with E-state index >= 15 is 0 Å². The van der Waals surface area contributed by atoms with Crippen LogP contribution in [0.5, 0.6) is 0 Å². The first kappa shape index (κ1) is 22.3. The second kappa shape index (κ2) is 9.77. The summed E-state index contributed by atoms with van der Waals surface area (Å²) in [6.45, 7) is 6.63. The normalized spacial score (nSPS) is 15.6. The molecule has 3 aromatic heterocycles. The molecule has 1 aliphatic heterocycles. The van der Waals surface area contributed by atoms with E-state index in [9.17, 15) is 4.79 Å². The number of morpholine rings is 1. The summed E-state index contributed by atoms with van der Waals surface area (Å²) >= 11 is 1.66. The first-order chi connectivity index (χ1) is 16.6. The number of hydrogen-bond donors (Lipinski definition) is 2. The standard InChI is InChI=1S/C26H25N5O2S/c1-3-4-19-13-21-14-28-26(29-22-7-5-18(6-8-22)23-15-27-10-11-33-23)30-24(21)31(25(19)32)16-20-9-12-34-17(20)2/h5-9,12-14,23,27H,10-11,15-16H2,1-2H3,(H,28,29,30). The average molecular weight is 472 g/mol. The van der Waals surface area contributed by atoms with Crippen LogP contribution in [0.4, 0.5) is 11.6 Å². The fourth-order valence-corrected chi connectivity index (χ4v) is 4.75. The molecule has 1 saturated heterocycles. The van der Waals surface area contributed by atoms with Crippen molar-refractivity contribution in [3.05, 3.63) is 79.9 Å². The van der Waals surface area contributed by atoms with E-state index < -0.39 is 0 Å². The van der Waals surface area contributed by atoms with Crippen LogP contribution >= 0.6 is 11.3 Å². The van der Waals surface area contributed by atoms with Gasteiger partial charge in [-0.05, 0) is 54.6 Å². The maximum atomic E-state index is 13.2. The molecule has 8 heteroatoms. The molecule has 4 aromatic rings. The van der Waals surface area contributed by atoms with Crippen molar-refractivity contribution in [2.75, 3.05) is 25.0 Å². The van der Waals surface area contributed by atoms with Crippen LogP contribution in [0, 0.1) is 18.8 Å². The first-order valence-corrected chi connectivity index (χ1v) is 12.1. The van der Waals surface area contributed by atoms with Gasteiger partial charge in [0.05, 0.1) is 24.8 Å². The van der Waals surface area contributed by atoms with Gasteiger partial charge in [0.15, 0.2) is 0 Å². The molecule has 0 saturated carbocycles. The van der Waals surface area contributed by atoms with Crippen molar-refractivity contribution in [2.45, 2.75) is 26.5 Å². The second-order valence-corrected chi connectivity index (χ2v) is 9.23. The highest BCUT2D eigenvalue weighted by atomic mass is 32.1. The van der Waals surface area contributed by atoms with E-state index in [0.717, 1.165) is 35.3 Å². The van der Waals surface area contributed by atoms with Crippen LogP contribution in [0.3, 0.4) is 0 Å². The Balaban J connectivity index is 1.48. The summed E-state index contributed by atoms with van der Waals surface area (Å²) < 4.78 is 7.51.